The number of aromatic nitrogens is 1. The maximum Gasteiger partial charge on any atom is 0.411 e. The van der Waals surface area contributed by atoms with Crippen molar-refractivity contribution in [1.82, 2.24) is 9.88 Å². The molecular weight excluding hydrogens is 276 g/mol. The highest BCUT2D eigenvalue weighted by molar-refractivity contribution is 6.29. The predicted molar refractivity (Wildman–Crippen MR) is 78.8 cm³/mol. The Labute approximate surface area is 125 Å². The van der Waals surface area contributed by atoms with Crippen LogP contribution in [0.25, 0.3) is 0 Å². The molecule has 1 aliphatic rings. The van der Waals surface area contributed by atoms with Crippen LogP contribution in [-0.4, -0.2) is 27.1 Å². The van der Waals surface area contributed by atoms with Gasteiger partial charge in [0, 0.05) is 17.7 Å². The van der Waals surface area contributed by atoms with E-state index in [9.17, 15) is 4.79 Å². The molecule has 0 radical (unpaired) electrons. The summed E-state index contributed by atoms with van der Waals surface area (Å²) in [6, 6.07) is 3.68. The lowest BCUT2D eigenvalue weighted by molar-refractivity contribution is -0.00287. The zero-order chi connectivity index (χ0) is 15.1. The summed E-state index contributed by atoms with van der Waals surface area (Å²) in [7, 11) is 0. The van der Waals surface area contributed by atoms with E-state index in [1.807, 2.05) is 40.7 Å². The SMILES string of the molecule is CC(C)(C)OC(=O)N1Cc2ccc(Cl)nc2CC1(C)C. The van der Waals surface area contributed by atoms with Gasteiger partial charge in [-0.3, -0.25) is 4.90 Å². The maximum atomic E-state index is 12.4. The molecule has 2 heterocycles. The number of halogens is 1. The molecule has 0 spiro atoms. The topological polar surface area (TPSA) is 42.4 Å². The fourth-order valence-electron chi connectivity index (χ4n) is 2.32. The highest BCUT2D eigenvalue weighted by Crippen LogP contribution is 2.31. The van der Waals surface area contributed by atoms with Crippen LogP contribution < -0.4 is 0 Å². The first kappa shape index (κ1) is 15.1. The first-order valence-electron chi connectivity index (χ1n) is 6.73. The second kappa shape index (κ2) is 4.92. The van der Waals surface area contributed by atoms with Crippen molar-refractivity contribution in [2.75, 3.05) is 0 Å². The summed E-state index contributed by atoms with van der Waals surface area (Å²) in [5.74, 6) is 0. The molecule has 0 bridgehead atoms. The molecule has 0 unspecified atom stereocenters. The van der Waals surface area contributed by atoms with E-state index < -0.39 is 5.60 Å². The van der Waals surface area contributed by atoms with Crippen LogP contribution in [0, 0.1) is 0 Å². The molecule has 0 saturated heterocycles. The van der Waals surface area contributed by atoms with Crippen LogP contribution in [0.5, 0.6) is 0 Å². The molecule has 1 aromatic heterocycles. The van der Waals surface area contributed by atoms with Crippen molar-refractivity contribution < 1.29 is 9.53 Å². The van der Waals surface area contributed by atoms with Crippen LogP contribution in [0.15, 0.2) is 12.1 Å². The summed E-state index contributed by atoms with van der Waals surface area (Å²) in [5.41, 5.74) is 1.15. The fourth-order valence-corrected chi connectivity index (χ4v) is 2.48. The van der Waals surface area contributed by atoms with Crippen LogP contribution in [0.4, 0.5) is 4.79 Å². The Bertz CT molecular complexity index is 535. The third-order valence-corrected chi connectivity index (χ3v) is 3.52. The van der Waals surface area contributed by atoms with Crippen molar-refractivity contribution in [3.8, 4) is 0 Å². The van der Waals surface area contributed by atoms with E-state index in [2.05, 4.69) is 4.98 Å². The number of carbonyl (C=O) groups is 1. The fraction of sp³-hybridized carbons (Fsp3) is 0.600. The van der Waals surface area contributed by atoms with Gasteiger partial charge in [-0.05, 0) is 46.2 Å². The molecule has 1 aliphatic heterocycles. The number of rotatable bonds is 0. The summed E-state index contributed by atoms with van der Waals surface area (Å²) in [6.07, 6.45) is 0.380. The molecule has 110 valence electrons. The third-order valence-electron chi connectivity index (χ3n) is 3.31. The third kappa shape index (κ3) is 3.23. The largest absolute Gasteiger partial charge is 0.444 e. The van der Waals surface area contributed by atoms with Gasteiger partial charge < -0.3 is 4.74 Å². The summed E-state index contributed by atoms with van der Waals surface area (Å²) in [4.78, 5) is 18.5. The van der Waals surface area contributed by atoms with Crippen LogP contribution in [0.3, 0.4) is 0 Å². The Hall–Kier alpha value is -1.29. The van der Waals surface area contributed by atoms with Gasteiger partial charge in [0.05, 0.1) is 6.54 Å². The molecule has 0 aliphatic carbocycles. The molecule has 0 fully saturated rings. The maximum absolute atomic E-state index is 12.4. The van der Waals surface area contributed by atoms with E-state index in [0.717, 1.165) is 11.3 Å². The van der Waals surface area contributed by atoms with E-state index in [4.69, 9.17) is 16.3 Å². The van der Waals surface area contributed by atoms with E-state index in [1.165, 1.54) is 0 Å². The first-order valence-corrected chi connectivity index (χ1v) is 7.11. The molecule has 20 heavy (non-hydrogen) atoms. The average molecular weight is 297 g/mol. The second-order valence-corrected chi connectivity index (χ2v) is 7.18. The van der Waals surface area contributed by atoms with Crippen molar-refractivity contribution in [2.24, 2.45) is 0 Å². The van der Waals surface area contributed by atoms with Crippen molar-refractivity contribution in [1.29, 1.82) is 0 Å². The quantitative estimate of drug-likeness (QED) is 0.684. The van der Waals surface area contributed by atoms with Crippen molar-refractivity contribution >= 4 is 17.7 Å². The number of pyridine rings is 1. The number of hydrogen-bond donors (Lipinski definition) is 0. The molecular formula is C15H21ClN2O2. The van der Waals surface area contributed by atoms with Crippen LogP contribution in [0.1, 0.15) is 45.9 Å². The van der Waals surface area contributed by atoms with Gasteiger partial charge in [-0.25, -0.2) is 9.78 Å². The molecule has 1 amide bonds. The van der Waals surface area contributed by atoms with Gasteiger partial charge in [-0.2, -0.15) is 0 Å². The van der Waals surface area contributed by atoms with Gasteiger partial charge in [0.1, 0.15) is 10.8 Å². The van der Waals surface area contributed by atoms with E-state index >= 15 is 0 Å². The minimum atomic E-state index is -0.494. The standard InChI is InChI=1S/C15H21ClN2O2/c1-14(2,3)20-13(19)18-9-10-6-7-12(16)17-11(10)8-15(18,4)5/h6-7H,8-9H2,1-5H3. The van der Waals surface area contributed by atoms with Gasteiger partial charge in [-0.15, -0.1) is 0 Å². The smallest absolute Gasteiger partial charge is 0.411 e. The normalized spacial score (nSPS) is 17.6. The highest BCUT2D eigenvalue weighted by atomic mass is 35.5. The minimum absolute atomic E-state index is 0.289. The molecule has 1 aromatic rings. The van der Waals surface area contributed by atoms with Gasteiger partial charge in [0.15, 0.2) is 0 Å². The Morgan fingerprint density at radius 3 is 2.65 bits per heavy atom. The average Bonchev–Trinajstić information content (AvgIpc) is 2.23. The number of carbonyl (C=O) groups excluding carboxylic acids is 1. The lowest BCUT2D eigenvalue weighted by Crippen LogP contribution is -2.53. The summed E-state index contributed by atoms with van der Waals surface area (Å²) >= 11 is 5.94. The van der Waals surface area contributed by atoms with Crippen molar-refractivity contribution in [2.45, 2.75) is 58.7 Å². The molecule has 2 rings (SSSR count). The summed E-state index contributed by atoms with van der Waals surface area (Å²) in [5, 5.41) is 0.491. The molecule has 0 atom stereocenters. The lowest BCUT2D eigenvalue weighted by atomic mass is 9.89. The lowest BCUT2D eigenvalue weighted by Gasteiger charge is -2.42. The van der Waals surface area contributed by atoms with E-state index in [1.54, 1.807) is 11.0 Å². The van der Waals surface area contributed by atoms with Crippen LogP contribution in [0.2, 0.25) is 5.15 Å². The van der Waals surface area contributed by atoms with Gasteiger partial charge in [0.2, 0.25) is 0 Å². The van der Waals surface area contributed by atoms with Crippen molar-refractivity contribution in [3.05, 3.63) is 28.5 Å². The van der Waals surface area contributed by atoms with Gasteiger partial charge in [0.25, 0.3) is 0 Å². The number of amides is 1. The molecule has 0 N–H and O–H groups in total. The first-order chi connectivity index (χ1) is 9.08. The number of nitrogens with zero attached hydrogens (tertiary/aromatic N) is 2. The monoisotopic (exact) mass is 296 g/mol. The molecule has 5 heteroatoms. The minimum Gasteiger partial charge on any atom is -0.444 e. The van der Waals surface area contributed by atoms with Gasteiger partial charge in [-0.1, -0.05) is 17.7 Å². The predicted octanol–water partition coefficient (Wildman–Crippen LogP) is 3.81. The number of fused-ring (bicyclic) bond motifs is 1. The Kier molecular flexibility index (Phi) is 3.71. The van der Waals surface area contributed by atoms with Crippen LogP contribution in [-0.2, 0) is 17.7 Å². The Morgan fingerprint density at radius 1 is 1.40 bits per heavy atom. The Morgan fingerprint density at radius 2 is 2.05 bits per heavy atom. The number of ether oxygens (including phenoxy) is 1. The van der Waals surface area contributed by atoms with Crippen LogP contribution >= 0.6 is 11.6 Å². The zero-order valence-electron chi connectivity index (χ0n) is 12.7. The summed E-state index contributed by atoms with van der Waals surface area (Å²) < 4.78 is 5.49. The van der Waals surface area contributed by atoms with E-state index in [-0.39, 0.29) is 11.6 Å². The zero-order valence-corrected chi connectivity index (χ0v) is 13.4. The Balaban J connectivity index is 2.27. The van der Waals surface area contributed by atoms with E-state index in [0.29, 0.717) is 18.1 Å². The highest BCUT2D eigenvalue weighted by Gasteiger charge is 2.38. The van der Waals surface area contributed by atoms with Crippen molar-refractivity contribution in [3.63, 3.8) is 0 Å². The molecule has 0 aromatic carbocycles. The summed E-state index contributed by atoms with van der Waals surface area (Å²) in [6.45, 7) is 10.2. The molecule has 4 nitrogen and oxygen atoms in total. The molecule has 0 saturated carbocycles. The number of hydrogen-bond acceptors (Lipinski definition) is 3. The van der Waals surface area contributed by atoms with Gasteiger partial charge >= 0.3 is 6.09 Å². The second-order valence-electron chi connectivity index (χ2n) is 6.80.